The molecular weight excluding hydrogens is 442 g/mol. The zero-order valence-corrected chi connectivity index (χ0v) is 20.1. The van der Waals surface area contributed by atoms with E-state index >= 15 is 0 Å². The Morgan fingerprint density at radius 2 is 1.42 bits per heavy atom. The molecule has 0 aromatic heterocycles. The highest BCUT2D eigenvalue weighted by Crippen LogP contribution is 2.85. The lowest BCUT2D eigenvalue weighted by atomic mass is 9.38. The van der Waals surface area contributed by atoms with E-state index in [2.05, 4.69) is 54.6 Å². The summed E-state index contributed by atoms with van der Waals surface area (Å²) in [6.45, 7) is 0. The monoisotopic (exact) mass is 469 g/mol. The highest BCUT2D eigenvalue weighted by Gasteiger charge is 2.79. The summed E-state index contributed by atoms with van der Waals surface area (Å²) in [4.78, 5) is 12.2. The zero-order valence-electron chi connectivity index (χ0n) is 20.1. The van der Waals surface area contributed by atoms with Gasteiger partial charge in [-0.05, 0) is 106 Å². The number of hydrogen-bond donors (Lipinski definition) is 0. The standard InChI is InChI=1S/C33H27NO2/c35-34(36)27-13-12-21-6-1-2-7-22(21)30(27)25-10-5-9-24-23-8-3-4-11-26(23)33(31(24)25)28-15-19-14-20-16-29(33)32(28,17-19)18-20/h1-13,19-20,28-29H,14-18H2. The van der Waals surface area contributed by atoms with E-state index in [9.17, 15) is 10.1 Å². The number of nitro groups is 1. The van der Waals surface area contributed by atoms with Crippen molar-refractivity contribution in [2.45, 2.75) is 37.5 Å². The van der Waals surface area contributed by atoms with Gasteiger partial charge in [-0.1, -0.05) is 66.7 Å². The molecular formula is C33H27NO2. The molecule has 0 N–H and O–H groups in total. The Balaban J connectivity index is 1.41. The summed E-state index contributed by atoms with van der Waals surface area (Å²) in [5.74, 6) is 3.05. The molecule has 3 nitrogen and oxygen atoms in total. The van der Waals surface area contributed by atoms with Crippen molar-refractivity contribution >= 4 is 16.5 Å². The van der Waals surface area contributed by atoms with Gasteiger partial charge < -0.3 is 0 Å². The molecule has 9 rings (SSSR count). The van der Waals surface area contributed by atoms with Crippen LogP contribution in [-0.2, 0) is 5.41 Å². The maximum absolute atomic E-state index is 12.4. The predicted octanol–water partition coefficient (Wildman–Crippen LogP) is 8.14. The van der Waals surface area contributed by atoms with Crippen molar-refractivity contribution in [3.8, 4) is 22.3 Å². The van der Waals surface area contributed by atoms with Gasteiger partial charge in [-0.15, -0.1) is 0 Å². The van der Waals surface area contributed by atoms with E-state index < -0.39 is 0 Å². The third-order valence-electron chi connectivity index (χ3n) is 11.1. The minimum atomic E-state index is -0.179. The van der Waals surface area contributed by atoms with Crippen LogP contribution in [0, 0.1) is 39.2 Å². The number of hydrogen-bond acceptors (Lipinski definition) is 2. The van der Waals surface area contributed by atoms with Crippen LogP contribution in [0.2, 0.25) is 0 Å². The van der Waals surface area contributed by atoms with Crippen LogP contribution in [0.1, 0.15) is 43.2 Å². The van der Waals surface area contributed by atoms with Gasteiger partial charge in [0.05, 0.1) is 10.5 Å². The predicted molar refractivity (Wildman–Crippen MR) is 142 cm³/mol. The fourth-order valence-electron chi connectivity index (χ4n) is 10.6. The van der Waals surface area contributed by atoms with Crippen molar-refractivity contribution < 1.29 is 4.92 Å². The average molecular weight is 470 g/mol. The molecule has 4 aromatic carbocycles. The highest BCUT2D eigenvalue weighted by atomic mass is 16.6. The Bertz CT molecular complexity index is 1630. The van der Waals surface area contributed by atoms with E-state index in [0.717, 1.165) is 33.7 Å². The molecule has 0 radical (unpaired) electrons. The normalized spacial score (nSPS) is 34.0. The number of nitrogens with zero attached hydrogens (tertiary/aromatic N) is 1. The Kier molecular flexibility index (Phi) is 3.43. The SMILES string of the molecule is O=[N+]([O-])c1ccc2ccccc2c1-c1cccc2c1C1(c3ccccc3-2)C2CC3CC4CC1C2(C3)C4. The molecule has 0 saturated heterocycles. The summed E-state index contributed by atoms with van der Waals surface area (Å²) >= 11 is 0. The number of rotatable bonds is 2. The first kappa shape index (κ1) is 19.7. The largest absolute Gasteiger partial charge is 0.277 e. The van der Waals surface area contributed by atoms with Crippen molar-refractivity contribution in [2.24, 2.45) is 29.1 Å². The molecule has 3 heteroatoms. The van der Waals surface area contributed by atoms with Crippen LogP contribution in [-0.4, -0.2) is 4.92 Å². The summed E-state index contributed by atoms with van der Waals surface area (Å²) < 4.78 is 0. The van der Waals surface area contributed by atoms with Gasteiger partial charge in [-0.25, -0.2) is 0 Å². The second-order valence-corrected chi connectivity index (χ2v) is 12.3. The molecule has 4 aromatic rings. The van der Waals surface area contributed by atoms with Gasteiger partial charge in [-0.2, -0.15) is 0 Å². The van der Waals surface area contributed by atoms with Crippen LogP contribution in [0.15, 0.2) is 78.9 Å². The summed E-state index contributed by atoms with van der Waals surface area (Å²) in [5.41, 5.74) is 8.19. The van der Waals surface area contributed by atoms with Gasteiger partial charge in [0.25, 0.3) is 5.69 Å². The van der Waals surface area contributed by atoms with Crippen LogP contribution in [0.5, 0.6) is 0 Å². The van der Waals surface area contributed by atoms with Crippen LogP contribution < -0.4 is 0 Å². The first-order chi connectivity index (χ1) is 17.6. The molecule has 0 amide bonds. The van der Waals surface area contributed by atoms with Crippen molar-refractivity contribution in [1.82, 2.24) is 0 Å². The van der Waals surface area contributed by atoms with Crippen molar-refractivity contribution in [2.75, 3.05) is 0 Å². The molecule has 4 unspecified atom stereocenters. The van der Waals surface area contributed by atoms with Gasteiger partial charge in [0, 0.05) is 11.5 Å². The molecule has 176 valence electrons. The van der Waals surface area contributed by atoms with Gasteiger partial charge in [0.2, 0.25) is 0 Å². The third kappa shape index (κ3) is 2.00. The summed E-state index contributed by atoms with van der Waals surface area (Å²) in [6.07, 6.45) is 6.90. The Morgan fingerprint density at radius 1 is 0.722 bits per heavy atom. The summed E-state index contributed by atoms with van der Waals surface area (Å²) in [5, 5.41) is 14.5. The molecule has 5 aliphatic carbocycles. The van der Waals surface area contributed by atoms with E-state index in [1.165, 1.54) is 54.4 Å². The fraction of sp³-hybridized carbons (Fsp3) is 0.333. The van der Waals surface area contributed by atoms with E-state index in [0.29, 0.717) is 17.3 Å². The van der Waals surface area contributed by atoms with Crippen LogP contribution in [0.3, 0.4) is 0 Å². The molecule has 4 saturated carbocycles. The maximum atomic E-state index is 12.4. The maximum Gasteiger partial charge on any atom is 0.277 e. The van der Waals surface area contributed by atoms with Gasteiger partial charge in [0.15, 0.2) is 0 Å². The average Bonchev–Trinajstić information content (AvgIpc) is 3.43. The Hall–Kier alpha value is -3.46. The lowest BCUT2D eigenvalue weighted by Gasteiger charge is -2.64. The Morgan fingerprint density at radius 3 is 2.22 bits per heavy atom. The lowest BCUT2D eigenvalue weighted by molar-refractivity contribution is -0.384. The molecule has 5 aliphatic rings. The van der Waals surface area contributed by atoms with Crippen molar-refractivity contribution in [3.63, 3.8) is 0 Å². The second-order valence-electron chi connectivity index (χ2n) is 12.3. The van der Waals surface area contributed by atoms with E-state index in [1.807, 2.05) is 18.2 Å². The van der Waals surface area contributed by atoms with Crippen LogP contribution in [0.25, 0.3) is 33.0 Å². The molecule has 0 aliphatic heterocycles. The van der Waals surface area contributed by atoms with Gasteiger partial charge in [0.1, 0.15) is 0 Å². The topological polar surface area (TPSA) is 43.1 Å². The first-order valence-corrected chi connectivity index (χ1v) is 13.5. The zero-order chi connectivity index (χ0) is 23.8. The van der Waals surface area contributed by atoms with Crippen molar-refractivity contribution in [3.05, 3.63) is 100 Å². The lowest BCUT2D eigenvalue weighted by Crippen LogP contribution is -2.62. The molecule has 0 heterocycles. The smallest absolute Gasteiger partial charge is 0.258 e. The first-order valence-electron chi connectivity index (χ1n) is 13.5. The highest BCUT2D eigenvalue weighted by molar-refractivity contribution is 6.04. The second kappa shape index (κ2) is 6.26. The van der Waals surface area contributed by atoms with E-state index in [4.69, 9.17) is 0 Å². The Labute approximate surface area is 210 Å². The number of benzene rings is 4. The summed E-state index contributed by atoms with van der Waals surface area (Å²) in [6, 6.07) is 27.5. The number of nitro benzene ring substituents is 1. The molecule has 4 atom stereocenters. The molecule has 3 bridgehead atoms. The van der Waals surface area contributed by atoms with Crippen LogP contribution >= 0.6 is 0 Å². The molecule has 4 fully saturated rings. The quantitative estimate of drug-likeness (QED) is 0.220. The molecule has 2 spiro atoms. The van der Waals surface area contributed by atoms with Crippen LogP contribution in [0.4, 0.5) is 5.69 Å². The minimum Gasteiger partial charge on any atom is -0.258 e. The fourth-order valence-corrected chi connectivity index (χ4v) is 10.6. The van der Waals surface area contributed by atoms with Crippen molar-refractivity contribution in [1.29, 1.82) is 0 Å². The van der Waals surface area contributed by atoms with E-state index in [1.54, 1.807) is 6.07 Å². The number of fused-ring (bicyclic) bond motifs is 10. The van der Waals surface area contributed by atoms with Gasteiger partial charge in [-0.3, -0.25) is 10.1 Å². The third-order valence-corrected chi connectivity index (χ3v) is 11.1. The minimum absolute atomic E-state index is 0.00272. The summed E-state index contributed by atoms with van der Waals surface area (Å²) in [7, 11) is 0. The van der Waals surface area contributed by atoms with Gasteiger partial charge >= 0.3 is 0 Å². The molecule has 36 heavy (non-hydrogen) atoms. The van der Waals surface area contributed by atoms with E-state index in [-0.39, 0.29) is 16.0 Å².